The Hall–Kier alpha value is -1.07. The van der Waals surface area contributed by atoms with Crippen molar-refractivity contribution < 1.29 is 19.4 Å². The number of rotatable bonds is 7. The first kappa shape index (κ1) is 16.0. The molecule has 1 aromatic carbocycles. The number of ether oxygens (including phenoxy) is 2. The zero-order chi connectivity index (χ0) is 14.3. The highest BCUT2D eigenvalue weighted by Gasteiger charge is 2.12. The molecule has 0 aliphatic heterocycles. The molecule has 0 saturated carbocycles. The number of hydrogen-bond donors (Lipinski definition) is 1. The lowest BCUT2D eigenvalue weighted by Gasteiger charge is -2.13. The van der Waals surface area contributed by atoms with Gasteiger partial charge in [0.2, 0.25) is 0 Å². The fourth-order valence-electron chi connectivity index (χ4n) is 1.49. The average molecular weight is 331 g/mol. The van der Waals surface area contributed by atoms with E-state index in [1.165, 1.54) is 0 Å². The maximum Gasteiger partial charge on any atom is 0.344 e. The Morgan fingerprint density at radius 2 is 2.21 bits per heavy atom. The van der Waals surface area contributed by atoms with Crippen molar-refractivity contribution in [1.29, 1.82) is 0 Å². The topological polar surface area (TPSA) is 55.8 Å². The minimum Gasteiger partial charge on any atom is -0.481 e. The number of esters is 1. The summed E-state index contributed by atoms with van der Waals surface area (Å²) in [5.41, 5.74) is 0.643. The van der Waals surface area contributed by atoms with Gasteiger partial charge in [-0.2, -0.15) is 0 Å². The number of benzene rings is 1. The number of carbonyl (C=O) groups is 1. The van der Waals surface area contributed by atoms with Crippen LogP contribution in [-0.2, 0) is 9.53 Å². The summed E-state index contributed by atoms with van der Waals surface area (Å²) >= 11 is 3.33. The summed E-state index contributed by atoms with van der Waals surface area (Å²) in [4.78, 5) is 11.4. The van der Waals surface area contributed by atoms with E-state index in [2.05, 4.69) is 15.9 Å². The van der Waals surface area contributed by atoms with Crippen molar-refractivity contribution in [3.05, 3.63) is 28.2 Å². The van der Waals surface area contributed by atoms with Crippen LogP contribution in [0.1, 0.15) is 38.4 Å². The maximum atomic E-state index is 11.4. The van der Waals surface area contributed by atoms with Crippen LogP contribution < -0.4 is 4.74 Å². The fraction of sp³-hybridized carbons (Fsp3) is 0.500. The van der Waals surface area contributed by atoms with Gasteiger partial charge in [0.1, 0.15) is 5.75 Å². The number of carbonyl (C=O) groups excluding carboxylic acids is 1. The zero-order valence-corrected chi connectivity index (χ0v) is 12.8. The highest BCUT2D eigenvalue weighted by molar-refractivity contribution is 9.10. The van der Waals surface area contributed by atoms with Crippen molar-refractivity contribution in [3.8, 4) is 5.75 Å². The van der Waals surface area contributed by atoms with Crippen molar-refractivity contribution >= 4 is 21.9 Å². The predicted octanol–water partition coefficient (Wildman–Crippen LogP) is 3.22. The van der Waals surface area contributed by atoms with Crippen molar-refractivity contribution in [3.63, 3.8) is 0 Å². The number of hydrogen-bond acceptors (Lipinski definition) is 4. The lowest BCUT2D eigenvalue weighted by Crippen LogP contribution is -2.16. The Morgan fingerprint density at radius 1 is 1.47 bits per heavy atom. The normalized spacial score (nSPS) is 12.0. The van der Waals surface area contributed by atoms with Gasteiger partial charge in [-0.15, -0.1) is 0 Å². The quantitative estimate of drug-likeness (QED) is 0.616. The van der Waals surface area contributed by atoms with Crippen molar-refractivity contribution in [2.45, 2.75) is 32.8 Å². The molecule has 0 aromatic heterocycles. The first-order chi connectivity index (χ1) is 9.04. The van der Waals surface area contributed by atoms with Crippen LogP contribution in [0.15, 0.2) is 22.7 Å². The third-order valence-electron chi connectivity index (χ3n) is 2.53. The predicted molar refractivity (Wildman–Crippen MR) is 76.1 cm³/mol. The van der Waals surface area contributed by atoms with Crippen LogP contribution in [0.2, 0.25) is 0 Å². The molecular weight excluding hydrogens is 312 g/mol. The van der Waals surface area contributed by atoms with Gasteiger partial charge in [-0.1, -0.05) is 35.3 Å². The molecular formula is C14H19BrO4. The molecule has 0 heterocycles. The molecule has 106 valence electrons. The number of halogens is 1. The molecule has 4 nitrogen and oxygen atoms in total. The van der Waals surface area contributed by atoms with Crippen LogP contribution in [0.25, 0.3) is 0 Å². The summed E-state index contributed by atoms with van der Waals surface area (Å²) < 4.78 is 11.2. The van der Waals surface area contributed by atoms with Gasteiger partial charge in [0.15, 0.2) is 6.61 Å². The van der Waals surface area contributed by atoms with Gasteiger partial charge < -0.3 is 14.6 Å². The largest absolute Gasteiger partial charge is 0.481 e. The van der Waals surface area contributed by atoms with Crippen LogP contribution in [0.5, 0.6) is 5.75 Å². The van der Waals surface area contributed by atoms with E-state index in [0.717, 1.165) is 17.3 Å². The fourth-order valence-corrected chi connectivity index (χ4v) is 1.83. The van der Waals surface area contributed by atoms with Crippen molar-refractivity contribution in [2.24, 2.45) is 0 Å². The number of unbranched alkanes of at least 4 members (excludes halogenated alkanes) is 1. The lowest BCUT2D eigenvalue weighted by atomic mass is 10.1. The molecule has 0 bridgehead atoms. The summed E-state index contributed by atoms with van der Waals surface area (Å²) in [5, 5.41) is 9.62. The Balaban J connectivity index is 2.56. The second-order valence-electron chi connectivity index (χ2n) is 4.22. The Kier molecular flexibility index (Phi) is 6.87. The summed E-state index contributed by atoms with van der Waals surface area (Å²) in [5.74, 6) is 0.0850. The van der Waals surface area contributed by atoms with Gasteiger partial charge in [-0.05, 0) is 25.5 Å². The Bertz CT molecular complexity index is 418. The monoisotopic (exact) mass is 330 g/mol. The van der Waals surface area contributed by atoms with Crippen molar-refractivity contribution in [2.75, 3.05) is 13.2 Å². The minimum atomic E-state index is -0.654. The zero-order valence-electron chi connectivity index (χ0n) is 11.2. The van der Waals surface area contributed by atoms with Gasteiger partial charge in [-0.25, -0.2) is 4.79 Å². The number of aliphatic hydroxyl groups excluding tert-OH is 1. The van der Waals surface area contributed by atoms with Crippen LogP contribution in [0, 0.1) is 0 Å². The Labute approximate surface area is 121 Å². The molecule has 0 amide bonds. The standard InChI is InChI=1S/C14H19BrO4/c1-3-4-7-18-14(17)9-19-13-8-11(15)5-6-12(13)10(2)16/h5-6,8,10,16H,3-4,7,9H2,1-2H3/t10-/m0/s1. The van der Waals surface area contributed by atoms with Gasteiger partial charge in [0.25, 0.3) is 0 Å². The van der Waals surface area contributed by atoms with Crippen LogP contribution in [-0.4, -0.2) is 24.3 Å². The molecule has 1 rings (SSSR count). The van der Waals surface area contributed by atoms with Crippen LogP contribution in [0.3, 0.4) is 0 Å². The molecule has 19 heavy (non-hydrogen) atoms. The second kappa shape index (κ2) is 8.17. The van der Waals surface area contributed by atoms with Crippen LogP contribution >= 0.6 is 15.9 Å². The van der Waals surface area contributed by atoms with Gasteiger partial charge in [0, 0.05) is 10.0 Å². The SMILES string of the molecule is CCCCOC(=O)COc1cc(Br)ccc1[C@H](C)O. The van der Waals surface area contributed by atoms with E-state index in [0.29, 0.717) is 17.9 Å². The summed E-state index contributed by atoms with van der Waals surface area (Å²) in [7, 11) is 0. The molecule has 1 atom stereocenters. The maximum absolute atomic E-state index is 11.4. The Morgan fingerprint density at radius 3 is 2.84 bits per heavy atom. The molecule has 0 fully saturated rings. The summed E-state index contributed by atoms with van der Waals surface area (Å²) in [6, 6.07) is 5.29. The van der Waals surface area contributed by atoms with Gasteiger partial charge >= 0.3 is 5.97 Å². The third-order valence-corrected chi connectivity index (χ3v) is 3.03. The van der Waals surface area contributed by atoms with E-state index < -0.39 is 12.1 Å². The van der Waals surface area contributed by atoms with E-state index in [9.17, 15) is 9.90 Å². The summed E-state index contributed by atoms with van der Waals surface area (Å²) in [6.07, 6.45) is 1.17. The lowest BCUT2D eigenvalue weighted by molar-refractivity contribution is -0.146. The van der Waals surface area contributed by atoms with E-state index in [4.69, 9.17) is 9.47 Å². The van der Waals surface area contributed by atoms with Gasteiger partial charge in [0.05, 0.1) is 12.7 Å². The highest BCUT2D eigenvalue weighted by Crippen LogP contribution is 2.28. The first-order valence-corrected chi connectivity index (χ1v) is 7.09. The molecule has 0 aliphatic rings. The van der Waals surface area contributed by atoms with E-state index in [1.54, 1.807) is 19.1 Å². The summed E-state index contributed by atoms with van der Waals surface area (Å²) in [6.45, 7) is 3.94. The molecule has 0 aliphatic carbocycles. The molecule has 0 unspecified atom stereocenters. The minimum absolute atomic E-state index is 0.153. The number of aliphatic hydroxyl groups is 1. The van der Waals surface area contributed by atoms with E-state index >= 15 is 0 Å². The smallest absolute Gasteiger partial charge is 0.344 e. The molecule has 0 radical (unpaired) electrons. The molecule has 1 N–H and O–H groups in total. The van der Waals surface area contributed by atoms with E-state index in [1.807, 2.05) is 13.0 Å². The first-order valence-electron chi connectivity index (χ1n) is 6.30. The second-order valence-corrected chi connectivity index (χ2v) is 5.14. The molecule has 0 saturated heterocycles. The molecule has 0 spiro atoms. The van der Waals surface area contributed by atoms with Crippen LogP contribution in [0.4, 0.5) is 0 Å². The van der Waals surface area contributed by atoms with Crippen molar-refractivity contribution in [1.82, 2.24) is 0 Å². The average Bonchev–Trinajstić information content (AvgIpc) is 2.36. The molecule has 5 heteroatoms. The highest BCUT2D eigenvalue weighted by atomic mass is 79.9. The molecule has 1 aromatic rings. The third kappa shape index (κ3) is 5.61. The van der Waals surface area contributed by atoms with Gasteiger partial charge in [-0.3, -0.25) is 0 Å². The van der Waals surface area contributed by atoms with E-state index in [-0.39, 0.29) is 6.61 Å².